The molecule has 70 valence electrons. The molecule has 0 radical (unpaired) electrons. The summed E-state index contributed by atoms with van der Waals surface area (Å²) >= 11 is 1.81. The predicted molar refractivity (Wildman–Crippen MR) is 51.9 cm³/mol. The highest BCUT2D eigenvalue weighted by molar-refractivity contribution is 7.99. The third-order valence-electron chi connectivity index (χ3n) is 2.07. The molecule has 1 rings (SSSR count). The van der Waals surface area contributed by atoms with Crippen LogP contribution in [0.2, 0.25) is 0 Å². The summed E-state index contributed by atoms with van der Waals surface area (Å²) in [4.78, 5) is 13.3. The van der Waals surface area contributed by atoms with Crippen LogP contribution in [0.3, 0.4) is 0 Å². The van der Waals surface area contributed by atoms with Crippen LogP contribution in [0.1, 0.15) is 19.8 Å². The van der Waals surface area contributed by atoms with Crippen LogP contribution < -0.4 is 5.73 Å². The zero-order valence-electron chi connectivity index (χ0n) is 7.45. The van der Waals surface area contributed by atoms with Gasteiger partial charge in [0.2, 0.25) is 5.91 Å². The average molecular weight is 188 g/mol. The summed E-state index contributed by atoms with van der Waals surface area (Å²) in [5, 5.41) is 0. The van der Waals surface area contributed by atoms with Gasteiger partial charge in [0.1, 0.15) is 0 Å². The molecule has 2 N–H and O–H groups in total. The number of carbonyl (C=O) groups is 1. The number of rotatable bonds is 3. The smallest absolute Gasteiger partial charge is 0.224 e. The number of hydrogen-bond acceptors (Lipinski definition) is 3. The van der Waals surface area contributed by atoms with Crippen molar-refractivity contribution in [1.29, 1.82) is 0 Å². The highest BCUT2D eigenvalue weighted by Gasteiger charge is 2.19. The SMILES string of the molecule is CC[C@H](N)CC(=O)N1CCSC1. The lowest BCUT2D eigenvalue weighted by atomic mass is 10.1. The number of nitrogens with two attached hydrogens (primary N) is 1. The molecule has 0 spiro atoms. The standard InChI is InChI=1S/C8H16N2OS/c1-2-7(9)5-8(11)10-3-4-12-6-10/h7H,2-6,9H2,1H3/t7-/m0/s1. The maximum atomic E-state index is 11.4. The Morgan fingerprint density at radius 2 is 2.50 bits per heavy atom. The molecule has 0 aromatic carbocycles. The van der Waals surface area contributed by atoms with E-state index in [0.717, 1.165) is 24.6 Å². The maximum absolute atomic E-state index is 11.4. The highest BCUT2D eigenvalue weighted by Crippen LogP contribution is 2.14. The molecule has 0 aliphatic carbocycles. The molecule has 1 aliphatic heterocycles. The van der Waals surface area contributed by atoms with Crippen LogP contribution in [-0.4, -0.2) is 35.0 Å². The third kappa shape index (κ3) is 2.68. The summed E-state index contributed by atoms with van der Waals surface area (Å²) in [7, 11) is 0. The lowest BCUT2D eigenvalue weighted by molar-refractivity contribution is -0.130. The number of carbonyl (C=O) groups excluding carboxylic acids is 1. The van der Waals surface area contributed by atoms with Gasteiger partial charge in [0, 0.05) is 24.8 Å². The van der Waals surface area contributed by atoms with E-state index in [0.29, 0.717) is 6.42 Å². The fourth-order valence-electron chi connectivity index (χ4n) is 1.11. The Kier molecular flexibility index (Phi) is 3.88. The molecule has 1 aliphatic rings. The van der Waals surface area contributed by atoms with Gasteiger partial charge in [-0.25, -0.2) is 0 Å². The largest absolute Gasteiger partial charge is 0.333 e. The van der Waals surface area contributed by atoms with E-state index in [1.54, 1.807) is 0 Å². The molecule has 1 atom stereocenters. The first-order valence-electron chi connectivity index (χ1n) is 4.35. The van der Waals surface area contributed by atoms with Crippen molar-refractivity contribution in [2.75, 3.05) is 18.2 Å². The minimum atomic E-state index is 0.0445. The Bertz CT molecular complexity index is 157. The quantitative estimate of drug-likeness (QED) is 0.707. The van der Waals surface area contributed by atoms with Crippen LogP contribution in [0.4, 0.5) is 0 Å². The number of nitrogens with zero attached hydrogens (tertiary/aromatic N) is 1. The van der Waals surface area contributed by atoms with E-state index in [9.17, 15) is 4.79 Å². The van der Waals surface area contributed by atoms with Crippen molar-refractivity contribution in [3.05, 3.63) is 0 Å². The van der Waals surface area contributed by atoms with Gasteiger partial charge < -0.3 is 10.6 Å². The molecule has 1 heterocycles. The first-order valence-corrected chi connectivity index (χ1v) is 5.50. The molecule has 0 unspecified atom stereocenters. The van der Waals surface area contributed by atoms with Crippen molar-refractivity contribution >= 4 is 17.7 Å². The van der Waals surface area contributed by atoms with E-state index < -0.39 is 0 Å². The number of amides is 1. The molecule has 3 nitrogen and oxygen atoms in total. The van der Waals surface area contributed by atoms with Crippen LogP contribution in [-0.2, 0) is 4.79 Å². The molecule has 12 heavy (non-hydrogen) atoms. The first kappa shape index (κ1) is 9.86. The molecular weight excluding hydrogens is 172 g/mol. The van der Waals surface area contributed by atoms with E-state index in [1.165, 1.54) is 0 Å². The zero-order chi connectivity index (χ0) is 8.97. The van der Waals surface area contributed by atoms with Gasteiger partial charge in [-0.3, -0.25) is 4.79 Å². The second-order valence-electron chi connectivity index (χ2n) is 3.07. The van der Waals surface area contributed by atoms with Gasteiger partial charge in [-0.1, -0.05) is 6.92 Å². The molecule has 0 bridgehead atoms. The Hall–Kier alpha value is -0.220. The normalized spacial score (nSPS) is 19.7. The van der Waals surface area contributed by atoms with E-state index >= 15 is 0 Å². The van der Waals surface area contributed by atoms with Crippen molar-refractivity contribution in [1.82, 2.24) is 4.90 Å². The van der Waals surface area contributed by atoms with Gasteiger partial charge in [-0.05, 0) is 6.42 Å². The van der Waals surface area contributed by atoms with Crippen molar-refractivity contribution in [3.63, 3.8) is 0 Å². The van der Waals surface area contributed by atoms with Crippen LogP contribution in [0.25, 0.3) is 0 Å². The van der Waals surface area contributed by atoms with Crippen molar-refractivity contribution in [2.24, 2.45) is 5.73 Å². The van der Waals surface area contributed by atoms with E-state index in [2.05, 4.69) is 0 Å². The zero-order valence-corrected chi connectivity index (χ0v) is 8.27. The minimum Gasteiger partial charge on any atom is -0.333 e. The van der Waals surface area contributed by atoms with Crippen molar-refractivity contribution in [3.8, 4) is 0 Å². The second kappa shape index (κ2) is 4.72. The Balaban J connectivity index is 2.27. The molecular formula is C8H16N2OS. The highest BCUT2D eigenvalue weighted by atomic mass is 32.2. The Morgan fingerprint density at radius 3 is 3.00 bits per heavy atom. The Morgan fingerprint density at radius 1 is 1.75 bits per heavy atom. The summed E-state index contributed by atoms with van der Waals surface area (Å²) in [5.41, 5.74) is 5.69. The average Bonchev–Trinajstić information content (AvgIpc) is 2.56. The fraction of sp³-hybridized carbons (Fsp3) is 0.875. The van der Waals surface area contributed by atoms with Crippen LogP contribution in [0.15, 0.2) is 0 Å². The number of thioether (sulfide) groups is 1. The van der Waals surface area contributed by atoms with Gasteiger partial charge >= 0.3 is 0 Å². The number of hydrogen-bond donors (Lipinski definition) is 1. The Labute approximate surface area is 77.7 Å². The lowest BCUT2D eigenvalue weighted by Gasteiger charge is -2.16. The summed E-state index contributed by atoms with van der Waals surface area (Å²) < 4.78 is 0. The summed E-state index contributed by atoms with van der Waals surface area (Å²) in [5.74, 6) is 2.15. The summed E-state index contributed by atoms with van der Waals surface area (Å²) in [6.45, 7) is 2.91. The third-order valence-corrected chi connectivity index (χ3v) is 3.03. The molecule has 1 amide bonds. The monoisotopic (exact) mass is 188 g/mol. The topological polar surface area (TPSA) is 46.3 Å². The van der Waals surface area contributed by atoms with Crippen LogP contribution in [0, 0.1) is 0 Å². The molecule has 0 aromatic heterocycles. The van der Waals surface area contributed by atoms with Crippen LogP contribution in [0.5, 0.6) is 0 Å². The van der Waals surface area contributed by atoms with Crippen LogP contribution >= 0.6 is 11.8 Å². The van der Waals surface area contributed by atoms with E-state index in [4.69, 9.17) is 5.73 Å². The van der Waals surface area contributed by atoms with Gasteiger partial charge in [-0.15, -0.1) is 11.8 Å². The lowest BCUT2D eigenvalue weighted by Crippen LogP contribution is -2.33. The van der Waals surface area contributed by atoms with E-state index in [1.807, 2.05) is 23.6 Å². The molecule has 1 saturated heterocycles. The van der Waals surface area contributed by atoms with E-state index in [-0.39, 0.29) is 11.9 Å². The summed E-state index contributed by atoms with van der Waals surface area (Å²) in [6, 6.07) is 0.0445. The van der Waals surface area contributed by atoms with Gasteiger partial charge in [0.25, 0.3) is 0 Å². The van der Waals surface area contributed by atoms with Gasteiger partial charge in [0.15, 0.2) is 0 Å². The molecule has 1 fully saturated rings. The molecule has 4 heteroatoms. The fourth-order valence-corrected chi connectivity index (χ4v) is 2.08. The molecule has 0 saturated carbocycles. The van der Waals surface area contributed by atoms with Crippen molar-refractivity contribution < 1.29 is 4.79 Å². The first-order chi connectivity index (χ1) is 5.74. The second-order valence-corrected chi connectivity index (χ2v) is 4.14. The molecule has 0 aromatic rings. The minimum absolute atomic E-state index is 0.0445. The summed E-state index contributed by atoms with van der Waals surface area (Å²) in [6.07, 6.45) is 1.39. The predicted octanol–water partition coefficient (Wildman–Crippen LogP) is 0.647. The van der Waals surface area contributed by atoms with Gasteiger partial charge in [-0.2, -0.15) is 0 Å². The van der Waals surface area contributed by atoms with Gasteiger partial charge in [0.05, 0.1) is 5.88 Å². The maximum Gasteiger partial charge on any atom is 0.224 e. The van der Waals surface area contributed by atoms with Crippen molar-refractivity contribution in [2.45, 2.75) is 25.8 Å².